The second-order valence-corrected chi connectivity index (χ2v) is 9.10. The molecule has 1 aliphatic heterocycles. The fraction of sp³-hybridized carbons (Fsp3) is 0.519. The van der Waals surface area contributed by atoms with Gasteiger partial charge in [-0.2, -0.15) is 0 Å². The summed E-state index contributed by atoms with van der Waals surface area (Å²) in [6, 6.07) is 15.8. The molecule has 1 amide bonds. The van der Waals surface area contributed by atoms with Crippen molar-refractivity contribution >= 4 is 11.6 Å². The van der Waals surface area contributed by atoms with Gasteiger partial charge in [0.25, 0.3) is 0 Å². The molecular weight excluding hydrogens is 400 g/mol. The van der Waals surface area contributed by atoms with E-state index in [-0.39, 0.29) is 5.91 Å². The molecular formula is C27H36N2O3. The smallest absolute Gasteiger partial charge is 0.235 e. The number of anilines is 1. The fourth-order valence-electron chi connectivity index (χ4n) is 5.08. The number of methoxy groups -OCH3 is 1. The number of rotatable bonds is 9. The molecule has 0 atom stereocenters. The topological polar surface area (TPSA) is 50.8 Å². The maximum Gasteiger partial charge on any atom is 0.235 e. The van der Waals surface area contributed by atoms with Crippen LogP contribution in [-0.4, -0.2) is 44.2 Å². The van der Waals surface area contributed by atoms with E-state index < -0.39 is 5.41 Å². The quantitative estimate of drug-likeness (QED) is 0.535. The molecule has 1 heterocycles. The lowest BCUT2D eigenvalue weighted by atomic mass is 9.68. The van der Waals surface area contributed by atoms with Crippen molar-refractivity contribution in [2.75, 3.05) is 38.7 Å². The predicted molar refractivity (Wildman–Crippen MR) is 129 cm³/mol. The molecule has 0 unspecified atom stereocenters. The lowest BCUT2D eigenvalue weighted by Gasteiger charge is -2.36. The lowest BCUT2D eigenvalue weighted by molar-refractivity contribution is -0.122. The number of nitrogens with one attached hydrogen (secondary N) is 1. The average molecular weight is 437 g/mol. The molecule has 1 aliphatic carbocycles. The monoisotopic (exact) mass is 436 g/mol. The number of nitrogens with zero attached hydrogens (tertiary/aromatic N) is 1. The molecule has 5 heteroatoms. The Bertz CT molecular complexity index is 851. The number of amides is 1. The van der Waals surface area contributed by atoms with Crippen molar-refractivity contribution in [3.8, 4) is 11.5 Å². The third kappa shape index (κ3) is 5.44. The van der Waals surface area contributed by atoms with Gasteiger partial charge >= 0.3 is 0 Å². The molecule has 0 aromatic heterocycles. The van der Waals surface area contributed by atoms with Gasteiger partial charge in [-0.15, -0.1) is 0 Å². The van der Waals surface area contributed by atoms with Gasteiger partial charge in [0.2, 0.25) is 5.91 Å². The van der Waals surface area contributed by atoms with Gasteiger partial charge in [0.1, 0.15) is 11.5 Å². The van der Waals surface area contributed by atoms with Crippen LogP contribution in [0, 0.1) is 0 Å². The first-order chi connectivity index (χ1) is 15.7. The Labute approximate surface area is 192 Å². The minimum absolute atomic E-state index is 0.0849. The van der Waals surface area contributed by atoms with Crippen molar-refractivity contribution < 1.29 is 14.3 Å². The largest absolute Gasteiger partial charge is 0.497 e. The van der Waals surface area contributed by atoms with Crippen molar-refractivity contribution in [2.24, 2.45) is 0 Å². The summed E-state index contributed by atoms with van der Waals surface area (Å²) in [4.78, 5) is 16.0. The molecule has 1 saturated carbocycles. The summed E-state index contributed by atoms with van der Waals surface area (Å²) in [6.07, 6.45) is 8.79. The van der Waals surface area contributed by atoms with Crippen LogP contribution in [0.3, 0.4) is 0 Å². The Kier molecular flexibility index (Phi) is 7.69. The minimum atomic E-state index is -0.477. The summed E-state index contributed by atoms with van der Waals surface area (Å²) < 4.78 is 11.2. The van der Waals surface area contributed by atoms with Crippen LogP contribution in [0.4, 0.5) is 5.69 Å². The van der Waals surface area contributed by atoms with Crippen molar-refractivity contribution in [1.82, 2.24) is 4.90 Å². The number of carbonyl (C=O) groups excluding carboxylic acids is 1. The standard InChI is InChI=1S/C27H36N2O3/c1-31-24-12-8-22(9-13-24)27(16-3-2-4-17-27)26(30)28-23-10-14-25(15-11-23)32-21-7-20-29-18-5-6-19-29/h8-15H,2-7,16-21H2,1H3,(H,28,30). The molecule has 2 aliphatic rings. The van der Waals surface area contributed by atoms with Crippen molar-refractivity contribution in [3.05, 3.63) is 54.1 Å². The van der Waals surface area contributed by atoms with Gasteiger partial charge in [0, 0.05) is 12.2 Å². The summed E-state index contributed by atoms with van der Waals surface area (Å²) in [7, 11) is 1.67. The van der Waals surface area contributed by atoms with E-state index >= 15 is 0 Å². The highest BCUT2D eigenvalue weighted by Gasteiger charge is 2.41. The van der Waals surface area contributed by atoms with Crippen LogP contribution in [0.2, 0.25) is 0 Å². The molecule has 0 bridgehead atoms. The Hall–Kier alpha value is -2.53. The van der Waals surface area contributed by atoms with Gasteiger partial charge in [0.05, 0.1) is 19.1 Å². The van der Waals surface area contributed by atoms with Crippen LogP contribution in [0.25, 0.3) is 0 Å². The van der Waals surface area contributed by atoms with E-state index in [1.807, 2.05) is 48.5 Å². The molecule has 1 saturated heterocycles. The average Bonchev–Trinajstić information content (AvgIpc) is 3.37. The number of hydrogen-bond donors (Lipinski definition) is 1. The normalized spacial score (nSPS) is 18.3. The third-order valence-electron chi connectivity index (χ3n) is 6.98. The maximum absolute atomic E-state index is 13.5. The Morgan fingerprint density at radius 3 is 2.22 bits per heavy atom. The lowest BCUT2D eigenvalue weighted by Crippen LogP contribution is -2.42. The summed E-state index contributed by atoms with van der Waals surface area (Å²) in [5.41, 5.74) is 1.42. The summed E-state index contributed by atoms with van der Waals surface area (Å²) in [5, 5.41) is 3.18. The first-order valence-corrected chi connectivity index (χ1v) is 12.1. The van der Waals surface area contributed by atoms with E-state index in [2.05, 4.69) is 10.2 Å². The van der Waals surface area contributed by atoms with Gasteiger partial charge < -0.3 is 19.7 Å². The summed E-state index contributed by atoms with van der Waals surface area (Å²) >= 11 is 0. The van der Waals surface area contributed by atoms with Crippen LogP contribution >= 0.6 is 0 Å². The fourth-order valence-corrected chi connectivity index (χ4v) is 5.08. The molecule has 0 spiro atoms. The minimum Gasteiger partial charge on any atom is -0.497 e. The second kappa shape index (κ2) is 10.9. The van der Waals surface area contributed by atoms with E-state index in [1.165, 1.54) is 32.4 Å². The van der Waals surface area contributed by atoms with Crippen LogP contribution in [0.15, 0.2) is 48.5 Å². The second-order valence-electron chi connectivity index (χ2n) is 9.10. The van der Waals surface area contributed by atoms with Gasteiger partial charge in [-0.05, 0) is 87.2 Å². The predicted octanol–water partition coefficient (Wildman–Crippen LogP) is 5.40. The van der Waals surface area contributed by atoms with Crippen LogP contribution in [-0.2, 0) is 10.2 Å². The van der Waals surface area contributed by atoms with Crippen molar-refractivity contribution in [3.63, 3.8) is 0 Å². The molecule has 0 radical (unpaired) electrons. The highest BCUT2D eigenvalue weighted by atomic mass is 16.5. The molecule has 2 aromatic rings. The summed E-state index contributed by atoms with van der Waals surface area (Å²) in [5.74, 6) is 1.75. The third-order valence-corrected chi connectivity index (χ3v) is 6.98. The summed E-state index contributed by atoms with van der Waals surface area (Å²) in [6.45, 7) is 4.29. The first kappa shape index (κ1) is 22.7. The Morgan fingerprint density at radius 2 is 1.56 bits per heavy atom. The molecule has 1 N–H and O–H groups in total. The molecule has 172 valence electrons. The molecule has 2 fully saturated rings. The molecule has 32 heavy (non-hydrogen) atoms. The Balaban J connectivity index is 1.35. The van der Waals surface area contributed by atoms with Crippen molar-refractivity contribution in [2.45, 2.75) is 56.8 Å². The Morgan fingerprint density at radius 1 is 0.906 bits per heavy atom. The van der Waals surface area contributed by atoms with Gasteiger partial charge in [-0.25, -0.2) is 0 Å². The maximum atomic E-state index is 13.5. The van der Waals surface area contributed by atoms with E-state index in [4.69, 9.17) is 9.47 Å². The zero-order valence-electron chi connectivity index (χ0n) is 19.3. The van der Waals surface area contributed by atoms with Crippen LogP contribution in [0.5, 0.6) is 11.5 Å². The number of ether oxygens (including phenoxy) is 2. The highest BCUT2D eigenvalue weighted by molar-refractivity contribution is 5.99. The van der Waals surface area contributed by atoms with E-state index in [0.29, 0.717) is 0 Å². The van der Waals surface area contributed by atoms with Crippen LogP contribution in [0.1, 0.15) is 56.9 Å². The number of carbonyl (C=O) groups is 1. The SMILES string of the molecule is COc1ccc(C2(C(=O)Nc3ccc(OCCCN4CCCC4)cc3)CCCCC2)cc1. The van der Waals surface area contributed by atoms with Crippen LogP contribution < -0.4 is 14.8 Å². The zero-order chi connectivity index (χ0) is 22.2. The van der Waals surface area contributed by atoms with Gasteiger partial charge in [-0.1, -0.05) is 31.4 Å². The van der Waals surface area contributed by atoms with Crippen molar-refractivity contribution in [1.29, 1.82) is 0 Å². The molecule has 5 nitrogen and oxygen atoms in total. The van der Waals surface area contributed by atoms with Gasteiger partial charge in [0.15, 0.2) is 0 Å². The number of hydrogen-bond acceptors (Lipinski definition) is 4. The number of likely N-dealkylation sites (tertiary alicyclic amines) is 1. The highest BCUT2D eigenvalue weighted by Crippen LogP contribution is 2.41. The first-order valence-electron chi connectivity index (χ1n) is 12.1. The van der Waals surface area contributed by atoms with E-state index in [0.717, 1.165) is 68.0 Å². The van der Waals surface area contributed by atoms with E-state index in [9.17, 15) is 4.79 Å². The van der Waals surface area contributed by atoms with E-state index in [1.54, 1.807) is 7.11 Å². The number of benzene rings is 2. The molecule has 4 rings (SSSR count). The van der Waals surface area contributed by atoms with Gasteiger partial charge in [-0.3, -0.25) is 4.79 Å². The molecule has 2 aromatic carbocycles. The zero-order valence-corrected chi connectivity index (χ0v) is 19.3.